The van der Waals surface area contributed by atoms with Gasteiger partial charge in [0, 0.05) is 29.6 Å². The molecule has 0 saturated heterocycles. The second-order valence-corrected chi connectivity index (χ2v) is 7.15. The normalized spacial score (nSPS) is 30.1. The smallest absolute Gasteiger partial charge is 0.136 e. The summed E-state index contributed by atoms with van der Waals surface area (Å²) in [6, 6.07) is 20.0. The molecule has 0 unspecified atom stereocenters. The molecule has 1 aliphatic rings. The van der Waals surface area contributed by atoms with Crippen molar-refractivity contribution in [3.05, 3.63) is 71.8 Å². The number of ketones is 2. The van der Waals surface area contributed by atoms with Crippen molar-refractivity contribution < 1.29 is 9.59 Å². The predicted octanol–water partition coefficient (Wildman–Crippen LogP) is 4.76. The van der Waals surface area contributed by atoms with E-state index < -0.39 is 5.41 Å². The Labute approximate surface area is 143 Å². The molecule has 2 nitrogen and oxygen atoms in total. The van der Waals surface area contributed by atoms with Crippen LogP contribution in [0.25, 0.3) is 0 Å². The van der Waals surface area contributed by atoms with E-state index in [1.807, 2.05) is 74.5 Å². The van der Waals surface area contributed by atoms with Crippen LogP contribution in [0.3, 0.4) is 0 Å². The van der Waals surface area contributed by atoms with Gasteiger partial charge in [0.2, 0.25) is 0 Å². The first kappa shape index (κ1) is 16.6. The Morgan fingerprint density at radius 3 is 1.96 bits per heavy atom. The highest BCUT2D eigenvalue weighted by Crippen LogP contribution is 2.56. The third-order valence-corrected chi connectivity index (χ3v) is 5.90. The number of Topliss-reactive ketones (excluding diaryl/α,β-unsaturated/α-hetero) is 2. The van der Waals surface area contributed by atoms with Crippen molar-refractivity contribution >= 4 is 11.6 Å². The molecule has 0 N–H and O–H groups in total. The van der Waals surface area contributed by atoms with Crippen LogP contribution in [-0.4, -0.2) is 11.6 Å². The van der Waals surface area contributed by atoms with Crippen molar-refractivity contribution in [2.24, 2.45) is 11.3 Å². The fraction of sp³-hybridized carbons (Fsp3) is 0.364. The van der Waals surface area contributed by atoms with Gasteiger partial charge in [-0.2, -0.15) is 0 Å². The van der Waals surface area contributed by atoms with Crippen LogP contribution >= 0.6 is 0 Å². The molecule has 3 rings (SSSR count). The van der Waals surface area contributed by atoms with E-state index in [0.29, 0.717) is 6.42 Å². The zero-order chi connectivity index (χ0) is 17.3. The maximum Gasteiger partial charge on any atom is 0.136 e. The minimum Gasteiger partial charge on any atom is -0.299 e. The zero-order valence-corrected chi connectivity index (χ0v) is 14.5. The van der Waals surface area contributed by atoms with Crippen LogP contribution in [0, 0.1) is 11.3 Å². The topological polar surface area (TPSA) is 34.1 Å². The van der Waals surface area contributed by atoms with Crippen LogP contribution in [0.2, 0.25) is 0 Å². The van der Waals surface area contributed by atoms with E-state index in [-0.39, 0.29) is 29.3 Å². The predicted molar refractivity (Wildman–Crippen MR) is 95.9 cm³/mol. The second-order valence-electron chi connectivity index (χ2n) is 7.15. The molecule has 2 aromatic carbocycles. The fourth-order valence-electron chi connectivity index (χ4n) is 4.43. The second kappa shape index (κ2) is 6.35. The number of carbonyl (C=O) groups is 2. The van der Waals surface area contributed by atoms with Crippen molar-refractivity contribution in [2.75, 3.05) is 0 Å². The molecule has 0 radical (unpaired) electrons. The first-order valence-electron chi connectivity index (χ1n) is 8.60. The van der Waals surface area contributed by atoms with Crippen molar-refractivity contribution in [3.63, 3.8) is 0 Å². The molecule has 2 heteroatoms. The van der Waals surface area contributed by atoms with E-state index in [0.717, 1.165) is 11.1 Å². The average Bonchev–Trinajstić information content (AvgIpc) is 2.60. The maximum atomic E-state index is 12.8. The molecule has 4 atom stereocenters. The molecule has 1 saturated carbocycles. The number of benzene rings is 2. The molecule has 0 aromatic heterocycles. The van der Waals surface area contributed by atoms with E-state index in [2.05, 4.69) is 0 Å². The summed E-state index contributed by atoms with van der Waals surface area (Å²) >= 11 is 0. The highest BCUT2D eigenvalue weighted by atomic mass is 16.1. The maximum absolute atomic E-state index is 12.8. The Kier molecular flexibility index (Phi) is 4.40. The molecule has 124 valence electrons. The van der Waals surface area contributed by atoms with E-state index in [9.17, 15) is 9.59 Å². The Morgan fingerprint density at radius 2 is 1.46 bits per heavy atom. The molecule has 1 fully saturated rings. The van der Waals surface area contributed by atoms with Crippen LogP contribution < -0.4 is 0 Å². The van der Waals surface area contributed by atoms with Crippen LogP contribution in [0.4, 0.5) is 0 Å². The third kappa shape index (κ3) is 2.60. The molecule has 0 aliphatic heterocycles. The quantitative estimate of drug-likeness (QED) is 0.817. The lowest BCUT2D eigenvalue weighted by atomic mass is 9.52. The summed E-state index contributed by atoms with van der Waals surface area (Å²) in [5.41, 5.74) is 1.57. The highest BCUT2D eigenvalue weighted by molar-refractivity contribution is 5.92. The minimum absolute atomic E-state index is 0.0786. The highest BCUT2D eigenvalue weighted by Gasteiger charge is 2.54. The number of rotatable bonds is 3. The first-order chi connectivity index (χ1) is 11.5. The van der Waals surface area contributed by atoms with Crippen molar-refractivity contribution in [2.45, 2.75) is 39.0 Å². The molecule has 0 spiro atoms. The summed E-state index contributed by atoms with van der Waals surface area (Å²) < 4.78 is 0. The van der Waals surface area contributed by atoms with Gasteiger partial charge in [0.1, 0.15) is 11.6 Å². The van der Waals surface area contributed by atoms with Gasteiger partial charge in [0.05, 0.1) is 0 Å². The van der Waals surface area contributed by atoms with E-state index >= 15 is 0 Å². The van der Waals surface area contributed by atoms with Gasteiger partial charge in [-0.05, 0) is 18.1 Å². The lowest BCUT2D eigenvalue weighted by Gasteiger charge is -2.48. The van der Waals surface area contributed by atoms with E-state index in [4.69, 9.17) is 0 Å². The average molecular weight is 320 g/mol. The SMILES string of the molecule is CC(=O)[C@]1(C)[C@H](c2ccccc2)[C@@H](C)C(=O)C[C@H]1c1ccccc1. The van der Waals surface area contributed by atoms with Crippen LogP contribution in [-0.2, 0) is 9.59 Å². The summed E-state index contributed by atoms with van der Waals surface area (Å²) in [7, 11) is 0. The molecule has 0 amide bonds. The van der Waals surface area contributed by atoms with Crippen LogP contribution in [0.1, 0.15) is 50.2 Å². The zero-order valence-electron chi connectivity index (χ0n) is 14.5. The molecule has 24 heavy (non-hydrogen) atoms. The van der Waals surface area contributed by atoms with Gasteiger partial charge in [-0.25, -0.2) is 0 Å². The van der Waals surface area contributed by atoms with Gasteiger partial charge >= 0.3 is 0 Å². The number of hydrogen-bond donors (Lipinski definition) is 0. The summed E-state index contributed by atoms with van der Waals surface area (Å²) in [6.07, 6.45) is 0.435. The Morgan fingerprint density at radius 1 is 0.958 bits per heavy atom. The largest absolute Gasteiger partial charge is 0.299 e. The minimum atomic E-state index is -0.587. The standard InChI is InChI=1S/C22H24O2/c1-15-20(24)14-19(17-10-6-4-7-11-17)22(3,16(2)23)21(15)18-12-8-5-9-13-18/h4-13,15,19,21H,14H2,1-3H3/t15-,19-,21-,22-/m0/s1. The molecule has 0 bridgehead atoms. The molecule has 0 heterocycles. The third-order valence-electron chi connectivity index (χ3n) is 5.90. The summed E-state index contributed by atoms with van der Waals surface area (Å²) in [5.74, 6) is 0.0787. The Bertz CT molecular complexity index is 735. The first-order valence-corrected chi connectivity index (χ1v) is 8.60. The summed E-state index contributed by atoms with van der Waals surface area (Å²) in [6.45, 7) is 5.70. The lowest BCUT2D eigenvalue weighted by molar-refractivity contribution is -0.138. The lowest BCUT2D eigenvalue weighted by Crippen LogP contribution is -2.48. The number of carbonyl (C=O) groups excluding carboxylic acids is 2. The van der Waals surface area contributed by atoms with E-state index in [1.165, 1.54) is 0 Å². The van der Waals surface area contributed by atoms with Gasteiger partial charge in [-0.15, -0.1) is 0 Å². The molecular weight excluding hydrogens is 296 g/mol. The summed E-state index contributed by atoms with van der Waals surface area (Å²) in [5, 5.41) is 0. The molecular formula is C22H24O2. The van der Waals surface area contributed by atoms with Crippen molar-refractivity contribution in [3.8, 4) is 0 Å². The monoisotopic (exact) mass is 320 g/mol. The van der Waals surface area contributed by atoms with Gasteiger partial charge in [-0.1, -0.05) is 74.5 Å². The summed E-state index contributed by atoms with van der Waals surface area (Å²) in [4.78, 5) is 25.6. The Hall–Kier alpha value is -2.22. The molecule has 1 aliphatic carbocycles. The molecule has 2 aromatic rings. The van der Waals surface area contributed by atoms with Crippen LogP contribution in [0.15, 0.2) is 60.7 Å². The van der Waals surface area contributed by atoms with Gasteiger partial charge in [0.15, 0.2) is 0 Å². The van der Waals surface area contributed by atoms with E-state index in [1.54, 1.807) is 6.92 Å². The number of hydrogen-bond acceptors (Lipinski definition) is 2. The van der Waals surface area contributed by atoms with Gasteiger partial charge in [0.25, 0.3) is 0 Å². The van der Waals surface area contributed by atoms with Crippen LogP contribution in [0.5, 0.6) is 0 Å². The van der Waals surface area contributed by atoms with Gasteiger partial charge in [-0.3, -0.25) is 9.59 Å². The van der Waals surface area contributed by atoms with Crippen molar-refractivity contribution in [1.82, 2.24) is 0 Å². The fourth-order valence-corrected chi connectivity index (χ4v) is 4.43. The van der Waals surface area contributed by atoms with Gasteiger partial charge < -0.3 is 0 Å². The Balaban J connectivity index is 2.18. The van der Waals surface area contributed by atoms with Crippen molar-refractivity contribution in [1.29, 1.82) is 0 Å².